The largest absolute Gasteiger partial charge is 0.356 e. The Labute approximate surface area is 149 Å². The van der Waals surface area contributed by atoms with Crippen molar-refractivity contribution in [3.8, 4) is 0 Å². The monoisotopic (exact) mass is 344 g/mol. The molecule has 4 nitrogen and oxygen atoms in total. The van der Waals surface area contributed by atoms with E-state index in [0.717, 1.165) is 48.5 Å². The molecule has 1 saturated heterocycles. The summed E-state index contributed by atoms with van der Waals surface area (Å²) in [5.74, 6) is 1.77. The maximum atomic E-state index is 6.03. The van der Waals surface area contributed by atoms with E-state index in [0.29, 0.717) is 0 Å². The first kappa shape index (κ1) is 17.0. The first-order valence-corrected chi connectivity index (χ1v) is 9.17. The van der Waals surface area contributed by atoms with Gasteiger partial charge in [0, 0.05) is 36.4 Å². The number of benzene rings is 1. The van der Waals surface area contributed by atoms with Crippen molar-refractivity contribution in [2.24, 2.45) is 0 Å². The fourth-order valence-electron chi connectivity index (χ4n) is 3.10. The van der Waals surface area contributed by atoms with Gasteiger partial charge in [-0.2, -0.15) is 4.98 Å². The fourth-order valence-corrected chi connectivity index (χ4v) is 3.32. The summed E-state index contributed by atoms with van der Waals surface area (Å²) in [6.07, 6.45) is 6.05. The number of nitrogens with zero attached hydrogens (tertiary/aromatic N) is 3. The zero-order chi connectivity index (χ0) is 16.8. The van der Waals surface area contributed by atoms with Gasteiger partial charge in [-0.15, -0.1) is 0 Å². The van der Waals surface area contributed by atoms with Crippen molar-refractivity contribution in [3.63, 3.8) is 0 Å². The fraction of sp³-hybridized carbons (Fsp3) is 0.474. The van der Waals surface area contributed by atoms with Crippen molar-refractivity contribution >= 4 is 23.4 Å². The highest BCUT2D eigenvalue weighted by atomic mass is 35.5. The van der Waals surface area contributed by atoms with Crippen molar-refractivity contribution in [1.82, 2.24) is 9.97 Å². The highest BCUT2D eigenvalue weighted by Crippen LogP contribution is 2.19. The van der Waals surface area contributed by atoms with Crippen LogP contribution in [0.3, 0.4) is 0 Å². The number of hydrogen-bond acceptors (Lipinski definition) is 4. The van der Waals surface area contributed by atoms with Crippen LogP contribution in [-0.2, 0) is 6.42 Å². The third-order valence-corrected chi connectivity index (χ3v) is 4.59. The Hall–Kier alpha value is -1.81. The predicted molar refractivity (Wildman–Crippen MR) is 101 cm³/mol. The Kier molecular flexibility index (Phi) is 5.91. The topological polar surface area (TPSA) is 41.1 Å². The van der Waals surface area contributed by atoms with Gasteiger partial charge in [0.25, 0.3) is 0 Å². The van der Waals surface area contributed by atoms with Crippen molar-refractivity contribution in [2.45, 2.75) is 39.0 Å². The molecule has 1 aromatic carbocycles. The van der Waals surface area contributed by atoms with Crippen LogP contribution in [-0.4, -0.2) is 29.6 Å². The molecule has 24 heavy (non-hydrogen) atoms. The van der Waals surface area contributed by atoms with E-state index in [1.807, 2.05) is 25.1 Å². The quantitative estimate of drug-likeness (QED) is 0.868. The van der Waals surface area contributed by atoms with Gasteiger partial charge in [-0.05, 0) is 43.9 Å². The molecule has 2 aromatic rings. The molecular weight excluding hydrogens is 320 g/mol. The maximum Gasteiger partial charge on any atom is 0.224 e. The average molecular weight is 345 g/mol. The molecule has 0 aliphatic carbocycles. The van der Waals surface area contributed by atoms with Crippen LogP contribution in [0.25, 0.3) is 0 Å². The molecule has 1 aromatic heterocycles. The van der Waals surface area contributed by atoms with Gasteiger partial charge in [0.1, 0.15) is 5.82 Å². The van der Waals surface area contributed by atoms with E-state index in [9.17, 15) is 0 Å². The van der Waals surface area contributed by atoms with E-state index in [4.69, 9.17) is 16.6 Å². The lowest BCUT2D eigenvalue weighted by Gasteiger charge is -2.22. The third kappa shape index (κ3) is 4.84. The van der Waals surface area contributed by atoms with Crippen LogP contribution in [0.2, 0.25) is 5.02 Å². The number of anilines is 2. The SMILES string of the molecule is Cc1cc(N2CCCCCC2)nc(NCCc2cccc(Cl)c2)n1. The van der Waals surface area contributed by atoms with Crippen LogP contribution in [0.15, 0.2) is 30.3 Å². The van der Waals surface area contributed by atoms with Crippen LogP contribution in [0, 0.1) is 6.92 Å². The number of hydrogen-bond donors (Lipinski definition) is 1. The number of aryl methyl sites for hydroxylation is 1. The second kappa shape index (κ2) is 8.34. The lowest BCUT2D eigenvalue weighted by molar-refractivity contribution is 0.726. The van der Waals surface area contributed by atoms with E-state index in [2.05, 4.69) is 27.3 Å². The molecule has 5 heteroatoms. The van der Waals surface area contributed by atoms with Crippen LogP contribution in [0.1, 0.15) is 36.9 Å². The molecule has 2 heterocycles. The Balaban J connectivity index is 1.62. The minimum absolute atomic E-state index is 0.719. The van der Waals surface area contributed by atoms with Gasteiger partial charge in [-0.1, -0.05) is 36.6 Å². The minimum atomic E-state index is 0.719. The van der Waals surface area contributed by atoms with Gasteiger partial charge in [0.15, 0.2) is 0 Å². The zero-order valence-electron chi connectivity index (χ0n) is 14.3. The van der Waals surface area contributed by atoms with Gasteiger partial charge in [-0.3, -0.25) is 0 Å². The van der Waals surface area contributed by atoms with Gasteiger partial charge in [-0.25, -0.2) is 4.98 Å². The summed E-state index contributed by atoms with van der Waals surface area (Å²) < 4.78 is 0. The Morgan fingerprint density at radius 1 is 1.08 bits per heavy atom. The average Bonchev–Trinajstić information content (AvgIpc) is 2.84. The minimum Gasteiger partial charge on any atom is -0.356 e. The molecule has 0 amide bonds. The normalized spacial score (nSPS) is 15.2. The molecule has 0 atom stereocenters. The molecule has 1 aliphatic heterocycles. The molecule has 1 N–H and O–H groups in total. The first-order valence-electron chi connectivity index (χ1n) is 8.80. The Morgan fingerprint density at radius 2 is 1.88 bits per heavy atom. The number of nitrogens with one attached hydrogen (secondary N) is 1. The summed E-state index contributed by atoms with van der Waals surface area (Å²) in [5, 5.41) is 4.14. The summed E-state index contributed by atoms with van der Waals surface area (Å²) in [7, 11) is 0. The second-order valence-electron chi connectivity index (χ2n) is 6.40. The molecule has 0 radical (unpaired) electrons. The van der Waals surface area contributed by atoms with Crippen molar-refractivity contribution in [1.29, 1.82) is 0 Å². The highest BCUT2D eigenvalue weighted by Gasteiger charge is 2.12. The smallest absolute Gasteiger partial charge is 0.224 e. The maximum absolute atomic E-state index is 6.03. The van der Waals surface area contributed by atoms with Crippen molar-refractivity contribution in [2.75, 3.05) is 29.9 Å². The van der Waals surface area contributed by atoms with Gasteiger partial charge in [0.05, 0.1) is 0 Å². The summed E-state index contributed by atoms with van der Waals surface area (Å²) >= 11 is 6.03. The lowest BCUT2D eigenvalue weighted by atomic mass is 10.1. The standard InChI is InChI=1S/C19H25ClN4/c1-15-13-18(24-11-4-2-3-5-12-24)23-19(22-15)21-10-9-16-7-6-8-17(20)14-16/h6-8,13-14H,2-5,9-12H2,1H3,(H,21,22,23). The van der Waals surface area contributed by atoms with E-state index in [1.54, 1.807) is 0 Å². The number of halogens is 1. The third-order valence-electron chi connectivity index (χ3n) is 4.36. The molecule has 1 fully saturated rings. The van der Waals surface area contributed by atoms with E-state index >= 15 is 0 Å². The summed E-state index contributed by atoms with van der Waals surface area (Å²) in [6.45, 7) is 5.02. The van der Waals surface area contributed by atoms with E-state index in [-0.39, 0.29) is 0 Å². The first-order chi connectivity index (χ1) is 11.7. The molecule has 0 saturated carbocycles. The molecular formula is C19H25ClN4. The van der Waals surface area contributed by atoms with E-state index in [1.165, 1.54) is 31.2 Å². The molecule has 0 bridgehead atoms. The van der Waals surface area contributed by atoms with Crippen LogP contribution in [0.4, 0.5) is 11.8 Å². The van der Waals surface area contributed by atoms with Crippen molar-refractivity contribution < 1.29 is 0 Å². The lowest BCUT2D eigenvalue weighted by Crippen LogP contribution is -2.25. The number of rotatable bonds is 5. The number of aromatic nitrogens is 2. The van der Waals surface area contributed by atoms with Gasteiger partial charge in [0.2, 0.25) is 5.95 Å². The summed E-state index contributed by atoms with van der Waals surface area (Å²) in [5.41, 5.74) is 2.23. The molecule has 128 valence electrons. The highest BCUT2D eigenvalue weighted by molar-refractivity contribution is 6.30. The second-order valence-corrected chi connectivity index (χ2v) is 6.84. The van der Waals surface area contributed by atoms with Gasteiger partial charge >= 0.3 is 0 Å². The summed E-state index contributed by atoms with van der Waals surface area (Å²) in [6, 6.07) is 10.1. The van der Waals surface area contributed by atoms with Crippen LogP contribution < -0.4 is 10.2 Å². The van der Waals surface area contributed by atoms with E-state index < -0.39 is 0 Å². The van der Waals surface area contributed by atoms with Crippen molar-refractivity contribution in [3.05, 3.63) is 46.6 Å². The zero-order valence-corrected chi connectivity index (χ0v) is 15.0. The summed E-state index contributed by atoms with van der Waals surface area (Å²) in [4.78, 5) is 11.6. The van der Waals surface area contributed by atoms with Crippen LogP contribution >= 0.6 is 11.6 Å². The Bertz CT molecular complexity index is 666. The Morgan fingerprint density at radius 3 is 2.62 bits per heavy atom. The molecule has 1 aliphatic rings. The molecule has 0 unspecified atom stereocenters. The molecule has 3 rings (SSSR count). The predicted octanol–water partition coefficient (Wildman–Crippen LogP) is 4.47. The van der Waals surface area contributed by atoms with Gasteiger partial charge < -0.3 is 10.2 Å². The molecule has 0 spiro atoms. The van der Waals surface area contributed by atoms with Crippen LogP contribution in [0.5, 0.6) is 0 Å².